The average Bonchev–Trinajstić information content (AvgIpc) is 3.82. The fraction of sp³-hybridized carbons (Fsp3) is 0.111. The smallest absolute Gasteiger partial charge is 0.412 e. The third-order valence-corrected chi connectivity index (χ3v) is 9.18. The zero-order valence-corrected chi connectivity index (χ0v) is 29.7. The Hall–Kier alpha value is -6.80. The van der Waals surface area contributed by atoms with Gasteiger partial charge in [0.2, 0.25) is 0 Å². The highest BCUT2D eigenvalue weighted by atomic mass is 16.6. The largest absolute Gasteiger partial charge is 0.444 e. The molecule has 0 saturated heterocycles. The number of fused-ring (bicyclic) bond motifs is 1. The number of nitrogens with one attached hydrogen (secondary N) is 1. The maximum atomic E-state index is 12.6. The quantitative estimate of drug-likeness (QED) is 0.160. The first kappa shape index (κ1) is 33.3. The van der Waals surface area contributed by atoms with Crippen LogP contribution in [0.15, 0.2) is 170 Å². The van der Waals surface area contributed by atoms with Gasteiger partial charge in [-0.3, -0.25) is 19.4 Å². The second kappa shape index (κ2) is 13.7. The summed E-state index contributed by atoms with van der Waals surface area (Å²) in [4.78, 5) is 21.9. The molecule has 0 aliphatic heterocycles. The van der Waals surface area contributed by atoms with Crippen molar-refractivity contribution < 1.29 is 9.53 Å². The SMILES string of the molecule is CC(C)(C)OC(=O)Nc1ccc(-c2nn(C(c3ccccc3)(c3ccccc3)c3ccccc3)cc2-c2ccc3ncc(-c4ccccn4)n3c2)cc1. The molecule has 4 aromatic carbocycles. The van der Waals surface area contributed by atoms with Gasteiger partial charge in [-0.1, -0.05) is 109 Å². The first-order chi connectivity index (χ1) is 25.8. The molecule has 0 bridgehead atoms. The van der Waals surface area contributed by atoms with Crippen LogP contribution in [0.5, 0.6) is 0 Å². The van der Waals surface area contributed by atoms with Gasteiger partial charge in [-0.2, -0.15) is 5.10 Å². The van der Waals surface area contributed by atoms with E-state index in [0.29, 0.717) is 5.69 Å². The summed E-state index contributed by atoms with van der Waals surface area (Å²) in [7, 11) is 0. The average molecular weight is 695 g/mol. The van der Waals surface area contributed by atoms with E-state index in [9.17, 15) is 4.79 Å². The third kappa shape index (κ3) is 6.47. The van der Waals surface area contributed by atoms with Crippen molar-refractivity contribution in [3.63, 3.8) is 0 Å². The molecule has 1 amide bonds. The molecular formula is C45H38N6O2. The lowest BCUT2D eigenvalue weighted by Crippen LogP contribution is -2.38. The van der Waals surface area contributed by atoms with E-state index in [1.807, 2.05) is 93.7 Å². The summed E-state index contributed by atoms with van der Waals surface area (Å²) in [6, 6.07) is 49.2. The van der Waals surface area contributed by atoms with E-state index in [0.717, 1.165) is 56.1 Å². The molecule has 8 nitrogen and oxygen atoms in total. The van der Waals surface area contributed by atoms with Gasteiger partial charge >= 0.3 is 6.09 Å². The fourth-order valence-corrected chi connectivity index (χ4v) is 6.88. The Morgan fingerprint density at radius 1 is 0.642 bits per heavy atom. The summed E-state index contributed by atoms with van der Waals surface area (Å²) in [5, 5.41) is 8.37. The Balaban J connectivity index is 1.35. The number of amides is 1. The molecule has 260 valence electrons. The second-order valence-corrected chi connectivity index (χ2v) is 13.9. The monoisotopic (exact) mass is 694 g/mol. The van der Waals surface area contributed by atoms with Crippen LogP contribution >= 0.6 is 0 Å². The van der Waals surface area contributed by atoms with E-state index >= 15 is 0 Å². The van der Waals surface area contributed by atoms with Gasteiger partial charge in [0.15, 0.2) is 0 Å². The second-order valence-electron chi connectivity index (χ2n) is 13.9. The first-order valence-electron chi connectivity index (χ1n) is 17.6. The Morgan fingerprint density at radius 3 is 1.79 bits per heavy atom. The summed E-state index contributed by atoms with van der Waals surface area (Å²) in [5.41, 5.74) is 8.46. The number of benzene rings is 4. The number of pyridine rings is 2. The lowest BCUT2D eigenvalue weighted by Gasteiger charge is -2.36. The molecule has 8 heteroatoms. The molecule has 0 unspecified atom stereocenters. The molecule has 8 rings (SSSR count). The minimum absolute atomic E-state index is 0.508. The molecule has 0 radical (unpaired) electrons. The molecule has 0 aliphatic carbocycles. The molecule has 0 aliphatic rings. The van der Waals surface area contributed by atoms with Crippen molar-refractivity contribution >= 4 is 17.4 Å². The maximum absolute atomic E-state index is 12.6. The van der Waals surface area contributed by atoms with Crippen molar-refractivity contribution in [2.24, 2.45) is 0 Å². The highest BCUT2D eigenvalue weighted by Gasteiger charge is 2.40. The molecular weight excluding hydrogens is 657 g/mol. The van der Waals surface area contributed by atoms with Crippen LogP contribution in [0.4, 0.5) is 10.5 Å². The van der Waals surface area contributed by atoms with Crippen molar-refractivity contribution in [1.82, 2.24) is 24.1 Å². The number of rotatable bonds is 8. The number of nitrogens with zero attached hydrogens (tertiary/aromatic N) is 5. The molecule has 8 aromatic rings. The zero-order chi connectivity index (χ0) is 36.4. The normalized spacial score (nSPS) is 11.8. The summed E-state index contributed by atoms with van der Waals surface area (Å²) in [6.07, 6.45) is 7.38. The van der Waals surface area contributed by atoms with Gasteiger partial charge in [0.25, 0.3) is 0 Å². The molecule has 0 spiro atoms. The predicted molar refractivity (Wildman–Crippen MR) is 210 cm³/mol. The van der Waals surface area contributed by atoms with E-state index < -0.39 is 17.2 Å². The summed E-state index contributed by atoms with van der Waals surface area (Å²) < 4.78 is 9.67. The maximum Gasteiger partial charge on any atom is 0.412 e. The lowest BCUT2D eigenvalue weighted by atomic mass is 9.77. The summed E-state index contributed by atoms with van der Waals surface area (Å²) in [5.74, 6) is 0. The van der Waals surface area contributed by atoms with Crippen LogP contribution in [-0.2, 0) is 10.3 Å². The van der Waals surface area contributed by atoms with Crippen molar-refractivity contribution in [3.05, 3.63) is 187 Å². The van der Waals surface area contributed by atoms with E-state index in [1.165, 1.54) is 0 Å². The van der Waals surface area contributed by atoms with Crippen molar-refractivity contribution in [2.75, 3.05) is 5.32 Å². The van der Waals surface area contributed by atoms with Gasteiger partial charge < -0.3 is 4.74 Å². The molecule has 0 atom stereocenters. The van der Waals surface area contributed by atoms with E-state index in [2.05, 4.69) is 116 Å². The van der Waals surface area contributed by atoms with Crippen LogP contribution < -0.4 is 5.32 Å². The number of hydrogen-bond donors (Lipinski definition) is 1. The van der Waals surface area contributed by atoms with Gasteiger partial charge in [0, 0.05) is 41.0 Å². The van der Waals surface area contributed by atoms with Crippen molar-refractivity contribution in [1.29, 1.82) is 0 Å². The van der Waals surface area contributed by atoms with E-state index in [1.54, 1.807) is 6.20 Å². The van der Waals surface area contributed by atoms with Gasteiger partial charge in [0.05, 0.1) is 17.6 Å². The van der Waals surface area contributed by atoms with Crippen molar-refractivity contribution in [2.45, 2.75) is 31.9 Å². The standard InChI is InChI=1S/C45H38N6O2/c1-44(2,3)53-43(52)48-37-25-22-32(23-26-37)42-38(33-24-27-41-47-29-40(50(41)30-33)39-21-13-14-28-46-39)31-51(49-42)45(34-15-7-4-8-16-34,35-17-9-5-10-18-35)36-19-11-6-12-20-36/h4-31H,1-3H3,(H,48,52). The zero-order valence-electron chi connectivity index (χ0n) is 29.7. The molecule has 0 saturated carbocycles. The van der Waals surface area contributed by atoms with Crippen LogP contribution in [0.1, 0.15) is 37.5 Å². The molecule has 0 fully saturated rings. The Bertz CT molecular complexity index is 2390. The van der Waals surface area contributed by atoms with Gasteiger partial charge in [-0.25, -0.2) is 9.78 Å². The molecule has 53 heavy (non-hydrogen) atoms. The minimum atomic E-state index is -0.826. The van der Waals surface area contributed by atoms with Crippen LogP contribution in [-0.4, -0.2) is 35.8 Å². The summed E-state index contributed by atoms with van der Waals surface area (Å²) >= 11 is 0. The van der Waals surface area contributed by atoms with Crippen molar-refractivity contribution in [3.8, 4) is 33.8 Å². The number of aromatic nitrogens is 5. The molecule has 4 heterocycles. The topological polar surface area (TPSA) is 86.3 Å². The highest BCUT2D eigenvalue weighted by Crippen LogP contribution is 2.43. The van der Waals surface area contributed by atoms with Crippen LogP contribution in [0.25, 0.3) is 39.4 Å². The lowest BCUT2D eigenvalue weighted by molar-refractivity contribution is 0.0636. The molecule has 1 N–H and O–H groups in total. The van der Waals surface area contributed by atoms with Crippen LogP contribution in [0, 0.1) is 0 Å². The first-order valence-corrected chi connectivity index (χ1v) is 17.6. The van der Waals surface area contributed by atoms with E-state index in [-0.39, 0.29) is 0 Å². The number of carbonyl (C=O) groups excluding carboxylic acids is 1. The number of carbonyl (C=O) groups is 1. The number of hydrogen-bond acceptors (Lipinski definition) is 5. The van der Waals surface area contributed by atoms with Crippen LogP contribution in [0.2, 0.25) is 0 Å². The number of ether oxygens (including phenoxy) is 1. The number of imidazole rings is 1. The fourth-order valence-electron chi connectivity index (χ4n) is 6.88. The van der Waals surface area contributed by atoms with Gasteiger partial charge in [0.1, 0.15) is 22.5 Å². The van der Waals surface area contributed by atoms with Gasteiger partial charge in [-0.05, 0) is 73.9 Å². The predicted octanol–water partition coefficient (Wildman–Crippen LogP) is 10.1. The summed E-state index contributed by atoms with van der Waals surface area (Å²) in [6.45, 7) is 5.52. The Labute approximate surface area is 308 Å². The van der Waals surface area contributed by atoms with Gasteiger partial charge in [-0.15, -0.1) is 0 Å². The Morgan fingerprint density at radius 2 is 1.23 bits per heavy atom. The Kier molecular flexibility index (Phi) is 8.64. The van der Waals surface area contributed by atoms with Crippen LogP contribution in [0.3, 0.4) is 0 Å². The van der Waals surface area contributed by atoms with E-state index in [4.69, 9.17) is 9.84 Å². The molecule has 4 aromatic heterocycles. The minimum Gasteiger partial charge on any atom is -0.444 e. The number of anilines is 1. The highest BCUT2D eigenvalue weighted by molar-refractivity contribution is 5.86. The third-order valence-electron chi connectivity index (χ3n) is 9.18.